The molecule has 0 fully saturated rings. The van der Waals surface area contributed by atoms with Gasteiger partial charge >= 0.3 is 0 Å². The van der Waals surface area contributed by atoms with Crippen LogP contribution in [0, 0.1) is 0 Å². The molecule has 0 N–H and O–H groups in total. The molecule has 0 radical (unpaired) electrons. The van der Waals surface area contributed by atoms with Crippen molar-refractivity contribution in [2.75, 3.05) is 19.6 Å². The van der Waals surface area contributed by atoms with Gasteiger partial charge in [-0.15, -0.1) is 0 Å². The fraction of sp³-hybridized carbons (Fsp3) is 0.643. The Kier molecular flexibility index (Phi) is 6.09. The molecule has 0 spiro atoms. The Morgan fingerprint density at radius 3 is 2.25 bits per heavy atom. The summed E-state index contributed by atoms with van der Waals surface area (Å²) in [6.07, 6.45) is 6.26. The molecule has 0 amide bonds. The summed E-state index contributed by atoms with van der Waals surface area (Å²) in [5.74, 6) is 0.684. The van der Waals surface area contributed by atoms with E-state index in [-0.39, 0.29) is 0 Å². The number of pyridine rings is 1. The van der Waals surface area contributed by atoms with Crippen LogP contribution in [0.5, 0.6) is 0 Å². The largest absolute Gasteiger partial charge is 0.304 e. The van der Waals surface area contributed by atoms with Crippen molar-refractivity contribution >= 4 is 0 Å². The lowest BCUT2D eigenvalue weighted by Gasteiger charge is -2.22. The minimum absolute atomic E-state index is 0.684. The van der Waals surface area contributed by atoms with Crippen LogP contribution in [0.15, 0.2) is 24.5 Å². The normalized spacial score (nSPS) is 13.0. The van der Waals surface area contributed by atoms with Crippen LogP contribution in [-0.2, 0) is 0 Å². The third kappa shape index (κ3) is 3.93. The Labute approximate surface area is 99.7 Å². The summed E-state index contributed by atoms with van der Waals surface area (Å²) in [5.41, 5.74) is 1.43. The Bertz CT molecular complexity index is 267. The molecule has 1 unspecified atom stereocenters. The highest BCUT2D eigenvalue weighted by molar-refractivity contribution is 5.15. The third-order valence-electron chi connectivity index (χ3n) is 3.36. The van der Waals surface area contributed by atoms with Crippen LogP contribution < -0.4 is 0 Å². The summed E-state index contributed by atoms with van der Waals surface area (Å²) < 4.78 is 0. The van der Waals surface area contributed by atoms with Gasteiger partial charge in [-0.25, -0.2) is 0 Å². The second-order valence-electron chi connectivity index (χ2n) is 4.20. The number of hydrogen-bond acceptors (Lipinski definition) is 2. The van der Waals surface area contributed by atoms with Crippen molar-refractivity contribution in [3.8, 4) is 0 Å². The molecule has 2 nitrogen and oxygen atoms in total. The average molecular weight is 220 g/mol. The molecule has 1 rings (SSSR count). The van der Waals surface area contributed by atoms with Crippen molar-refractivity contribution in [2.45, 2.75) is 39.5 Å². The average Bonchev–Trinajstić information content (AvgIpc) is 2.36. The van der Waals surface area contributed by atoms with E-state index in [4.69, 9.17) is 0 Å². The predicted molar refractivity (Wildman–Crippen MR) is 69.7 cm³/mol. The maximum absolute atomic E-state index is 4.08. The van der Waals surface area contributed by atoms with Crippen LogP contribution in [0.2, 0.25) is 0 Å². The molecule has 0 aliphatic heterocycles. The van der Waals surface area contributed by atoms with Gasteiger partial charge in [0.15, 0.2) is 0 Å². The second-order valence-corrected chi connectivity index (χ2v) is 4.20. The number of rotatable bonds is 7. The van der Waals surface area contributed by atoms with Gasteiger partial charge in [-0.3, -0.25) is 4.98 Å². The highest BCUT2D eigenvalue weighted by Gasteiger charge is 2.10. The SMILES string of the molecule is CCC(CCN(CC)CC)c1ccncc1. The van der Waals surface area contributed by atoms with Crippen LogP contribution in [0.1, 0.15) is 45.1 Å². The topological polar surface area (TPSA) is 16.1 Å². The van der Waals surface area contributed by atoms with E-state index >= 15 is 0 Å². The maximum Gasteiger partial charge on any atom is 0.0270 e. The molecular weight excluding hydrogens is 196 g/mol. The highest BCUT2D eigenvalue weighted by Crippen LogP contribution is 2.22. The minimum Gasteiger partial charge on any atom is -0.304 e. The van der Waals surface area contributed by atoms with Gasteiger partial charge < -0.3 is 4.90 Å². The van der Waals surface area contributed by atoms with Gasteiger partial charge in [0, 0.05) is 12.4 Å². The predicted octanol–water partition coefficient (Wildman–Crippen LogP) is 3.31. The summed E-state index contributed by atoms with van der Waals surface area (Å²) in [4.78, 5) is 6.57. The highest BCUT2D eigenvalue weighted by atomic mass is 15.1. The zero-order valence-electron chi connectivity index (χ0n) is 10.8. The lowest BCUT2D eigenvalue weighted by molar-refractivity contribution is 0.289. The molecule has 1 aromatic heterocycles. The van der Waals surface area contributed by atoms with Crippen LogP contribution in [-0.4, -0.2) is 29.5 Å². The molecule has 1 atom stereocenters. The third-order valence-corrected chi connectivity index (χ3v) is 3.36. The fourth-order valence-corrected chi connectivity index (χ4v) is 2.12. The standard InChI is InChI=1S/C14H24N2/c1-4-13(9-12-16(5-2)6-3)14-7-10-15-11-8-14/h7-8,10-11,13H,4-6,9,12H2,1-3H3. The second kappa shape index (κ2) is 7.39. The van der Waals surface area contributed by atoms with E-state index in [0.29, 0.717) is 5.92 Å². The molecule has 0 aliphatic rings. The van der Waals surface area contributed by atoms with Gasteiger partial charge in [0.1, 0.15) is 0 Å². The molecule has 1 heterocycles. The number of hydrogen-bond donors (Lipinski definition) is 0. The summed E-state index contributed by atoms with van der Waals surface area (Å²) in [6, 6.07) is 4.30. The van der Waals surface area contributed by atoms with Crippen LogP contribution >= 0.6 is 0 Å². The molecule has 0 bridgehead atoms. The van der Waals surface area contributed by atoms with Crippen molar-refractivity contribution in [2.24, 2.45) is 0 Å². The summed E-state index contributed by atoms with van der Waals surface area (Å²) in [7, 11) is 0. The Hall–Kier alpha value is -0.890. The lowest BCUT2D eigenvalue weighted by Crippen LogP contribution is -2.25. The molecule has 90 valence electrons. The molecule has 1 aromatic rings. The first kappa shape index (κ1) is 13.2. The molecule has 0 saturated carbocycles. The smallest absolute Gasteiger partial charge is 0.0270 e. The minimum atomic E-state index is 0.684. The summed E-state index contributed by atoms with van der Waals surface area (Å²) >= 11 is 0. The molecule has 16 heavy (non-hydrogen) atoms. The van der Waals surface area contributed by atoms with E-state index in [1.54, 1.807) is 0 Å². The Balaban J connectivity index is 2.50. The first-order valence-corrected chi connectivity index (χ1v) is 6.44. The van der Waals surface area contributed by atoms with E-state index < -0.39 is 0 Å². The van der Waals surface area contributed by atoms with Gasteiger partial charge in [0.05, 0.1) is 0 Å². The van der Waals surface area contributed by atoms with Gasteiger partial charge in [0.25, 0.3) is 0 Å². The zero-order valence-corrected chi connectivity index (χ0v) is 10.8. The van der Waals surface area contributed by atoms with Crippen molar-refractivity contribution in [3.05, 3.63) is 30.1 Å². The molecule has 0 aromatic carbocycles. The fourth-order valence-electron chi connectivity index (χ4n) is 2.12. The monoisotopic (exact) mass is 220 g/mol. The lowest BCUT2D eigenvalue weighted by atomic mass is 9.94. The van der Waals surface area contributed by atoms with E-state index in [1.165, 1.54) is 24.9 Å². The van der Waals surface area contributed by atoms with Crippen molar-refractivity contribution in [3.63, 3.8) is 0 Å². The molecule has 0 saturated heterocycles. The van der Waals surface area contributed by atoms with Crippen molar-refractivity contribution in [1.29, 1.82) is 0 Å². The first-order valence-electron chi connectivity index (χ1n) is 6.44. The van der Waals surface area contributed by atoms with Gasteiger partial charge in [0.2, 0.25) is 0 Å². The quantitative estimate of drug-likeness (QED) is 0.701. The Morgan fingerprint density at radius 2 is 1.75 bits per heavy atom. The summed E-state index contributed by atoms with van der Waals surface area (Å²) in [5, 5.41) is 0. The van der Waals surface area contributed by atoms with Crippen LogP contribution in [0.3, 0.4) is 0 Å². The summed E-state index contributed by atoms with van der Waals surface area (Å²) in [6.45, 7) is 10.3. The van der Waals surface area contributed by atoms with E-state index in [9.17, 15) is 0 Å². The molecule has 0 aliphatic carbocycles. The zero-order chi connectivity index (χ0) is 11.8. The maximum atomic E-state index is 4.08. The Morgan fingerprint density at radius 1 is 1.12 bits per heavy atom. The van der Waals surface area contributed by atoms with Crippen molar-refractivity contribution in [1.82, 2.24) is 9.88 Å². The van der Waals surface area contributed by atoms with Crippen molar-refractivity contribution < 1.29 is 0 Å². The van der Waals surface area contributed by atoms with Crippen LogP contribution in [0.4, 0.5) is 0 Å². The van der Waals surface area contributed by atoms with E-state index in [0.717, 1.165) is 13.1 Å². The van der Waals surface area contributed by atoms with Gasteiger partial charge in [-0.2, -0.15) is 0 Å². The van der Waals surface area contributed by atoms with Crippen LogP contribution in [0.25, 0.3) is 0 Å². The van der Waals surface area contributed by atoms with Gasteiger partial charge in [-0.1, -0.05) is 20.8 Å². The van der Waals surface area contributed by atoms with E-state index in [1.807, 2.05) is 12.4 Å². The first-order chi connectivity index (χ1) is 7.81. The molecule has 2 heteroatoms. The van der Waals surface area contributed by atoms with E-state index in [2.05, 4.69) is 42.8 Å². The van der Waals surface area contributed by atoms with Gasteiger partial charge in [-0.05, 0) is 56.1 Å². The number of nitrogens with zero attached hydrogens (tertiary/aromatic N) is 2. The molecular formula is C14H24N2. The number of aromatic nitrogens is 1.